The summed E-state index contributed by atoms with van der Waals surface area (Å²) in [5.41, 5.74) is 6.65. The second-order valence-electron chi connectivity index (χ2n) is 10.3. The van der Waals surface area contributed by atoms with Gasteiger partial charge >= 0.3 is 24.1 Å². The predicted octanol–water partition coefficient (Wildman–Crippen LogP) is 5.51. The highest BCUT2D eigenvalue weighted by atomic mass is 16.7. The Morgan fingerprint density at radius 2 is 1.25 bits per heavy atom. The lowest BCUT2D eigenvalue weighted by molar-refractivity contribution is -0.148. The van der Waals surface area contributed by atoms with Crippen molar-refractivity contribution in [2.45, 2.75) is 112 Å². The van der Waals surface area contributed by atoms with Crippen molar-refractivity contribution in [3.8, 4) is 11.5 Å². The van der Waals surface area contributed by atoms with E-state index in [1.54, 1.807) is 33.8 Å². The molecule has 0 heterocycles. The number of hydrogen-bond acceptors (Lipinski definition) is 10. The lowest BCUT2D eigenvalue weighted by Crippen LogP contribution is -2.36. The van der Waals surface area contributed by atoms with Gasteiger partial charge in [0.15, 0.2) is 11.5 Å². The number of carbonyl (C=O) groups is 4. The van der Waals surface area contributed by atoms with E-state index in [-0.39, 0.29) is 42.5 Å². The van der Waals surface area contributed by atoms with Crippen LogP contribution in [0.2, 0.25) is 0 Å². The minimum Gasteiger partial charge on any atom is -0.461 e. The minimum atomic E-state index is -1.04. The maximum atomic E-state index is 12.6. The van der Waals surface area contributed by atoms with Crippen LogP contribution in [0.4, 0.5) is 4.79 Å². The largest absolute Gasteiger partial charge is 0.508 e. The third kappa shape index (κ3) is 12.8. The van der Waals surface area contributed by atoms with Gasteiger partial charge in [0.25, 0.3) is 0 Å². The summed E-state index contributed by atoms with van der Waals surface area (Å²) in [6.45, 7) is 12.6. The number of carbonyl (C=O) groups excluding carboxylic acids is 4. The van der Waals surface area contributed by atoms with Crippen LogP contribution in [-0.4, -0.2) is 48.9 Å². The standard InChI is InChI=1S/C30H47NO9/c1-8-11-19(4)27(32)39-25-15-14-23(17-26(25)40-28(33)20(5)12-9-2)16-24(31)29(34)36-18-22(7)38-30(35)37-21(6)13-10-3/h14-15,17,19-22,24H,8-13,16,18,31H2,1-7H3/t19?,20?,21?,22-,24-/m0/s1. The van der Waals surface area contributed by atoms with Gasteiger partial charge in [0.1, 0.15) is 24.9 Å². The number of ether oxygens (including phenoxy) is 5. The molecule has 3 unspecified atom stereocenters. The normalized spacial score (nSPS) is 14.7. The van der Waals surface area contributed by atoms with Crippen LogP contribution >= 0.6 is 0 Å². The smallest absolute Gasteiger partial charge is 0.461 e. The predicted molar refractivity (Wildman–Crippen MR) is 150 cm³/mol. The van der Waals surface area contributed by atoms with E-state index < -0.39 is 36.2 Å². The molecular weight excluding hydrogens is 518 g/mol. The summed E-state index contributed by atoms with van der Waals surface area (Å²) in [6, 6.07) is 3.67. The third-order valence-electron chi connectivity index (χ3n) is 6.19. The van der Waals surface area contributed by atoms with Gasteiger partial charge in [-0.3, -0.25) is 14.4 Å². The average molecular weight is 566 g/mol. The van der Waals surface area contributed by atoms with Gasteiger partial charge < -0.3 is 29.4 Å². The molecule has 0 aliphatic carbocycles. The van der Waals surface area contributed by atoms with Crippen LogP contribution in [0.1, 0.15) is 92.6 Å². The molecule has 0 radical (unpaired) electrons. The summed E-state index contributed by atoms with van der Waals surface area (Å²) >= 11 is 0. The Balaban J connectivity index is 2.87. The van der Waals surface area contributed by atoms with Crippen molar-refractivity contribution in [2.75, 3.05) is 6.61 Å². The van der Waals surface area contributed by atoms with E-state index >= 15 is 0 Å². The van der Waals surface area contributed by atoms with Gasteiger partial charge in [-0.25, -0.2) is 4.79 Å². The Labute approximate surface area is 238 Å². The third-order valence-corrected chi connectivity index (χ3v) is 6.19. The quantitative estimate of drug-likeness (QED) is 0.190. The molecule has 0 aliphatic heterocycles. The van der Waals surface area contributed by atoms with Crippen molar-refractivity contribution in [1.29, 1.82) is 0 Å². The molecule has 1 aromatic rings. The Morgan fingerprint density at radius 1 is 0.725 bits per heavy atom. The lowest BCUT2D eigenvalue weighted by Gasteiger charge is -2.18. The monoisotopic (exact) mass is 565 g/mol. The fraction of sp³-hybridized carbons (Fsp3) is 0.667. The van der Waals surface area contributed by atoms with E-state index in [9.17, 15) is 19.2 Å². The summed E-state index contributed by atoms with van der Waals surface area (Å²) in [4.78, 5) is 49.5. The van der Waals surface area contributed by atoms with Gasteiger partial charge in [0, 0.05) is 0 Å². The Kier molecular flexibility index (Phi) is 15.9. The zero-order valence-electron chi connectivity index (χ0n) is 25.0. The van der Waals surface area contributed by atoms with Crippen LogP contribution in [0.5, 0.6) is 11.5 Å². The molecule has 10 heteroatoms. The molecule has 226 valence electrons. The molecule has 0 bridgehead atoms. The Hall–Kier alpha value is -3.14. The lowest BCUT2D eigenvalue weighted by atomic mass is 10.0. The maximum absolute atomic E-state index is 12.6. The van der Waals surface area contributed by atoms with Crippen LogP contribution < -0.4 is 15.2 Å². The fourth-order valence-electron chi connectivity index (χ4n) is 3.86. The first-order valence-corrected chi connectivity index (χ1v) is 14.3. The first kappa shape index (κ1) is 34.9. The van der Waals surface area contributed by atoms with E-state index in [4.69, 9.17) is 29.4 Å². The first-order chi connectivity index (χ1) is 18.9. The number of nitrogens with two attached hydrogens (primary N) is 1. The van der Waals surface area contributed by atoms with E-state index in [1.807, 2.05) is 20.8 Å². The summed E-state index contributed by atoms with van der Waals surface area (Å²) in [7, 11) is 0. The van der Waals surface area contributed by atoms with E-state index in [0.717, 1.165) is 19.3 Å². The van der Waals surface area contributed by atoms with Gasteiger partial charge in [-0.05, 0) is 57.2 Å². The Morgan fingerprint density at radius 3 is 1.80 bits per heavy atom. The molecule has 0 fully saturated rings. The second kappa shape index (κ2) is 18.3. The number of benzene rings is 1. The van der Waals surface area contributed by atoms with Crippen LogP contribution in [0.25, 0.3) is 0 Å². The van der Waals surface area contributed by atoms with Crippen LogP contribution in [0.15, 0.2) is 18.2 Å². The zero-order valence-corrected chi connectivity index (χ0v) is 25.0. The molecule has 0 aliphatic rings. The summed E-state index contributed by atoms with van der Waals surface area (Å²) in [5, 5.41) is 0. The molecule has 1 rings (SSSR count). The van der Waals surface area contributed by atoms with Crippen molar-refractivity contribution in [2.24, 2.45) is 17.6 Å². The Bertz CT molecular complexity index is 964. The van der Waals surface area contributed by atoms with Crippen molar-refractivity contribution < 1.29 is 42.9 Å². The number of hydrogen-bond donors (Lipinski definition) is 1. The molecular formula is C30H47NO9. The van der Waals surface area contributed by atoms with E-state index in [1.165, 1.54) is 12.1 Å². The maximum Gasteiger partial charge on any atom is 0.508 e. The molecule has 40 heavy (non-hydrogen) atoms. The highest BCUT2D eigenvalue weighted by Gasteiger charge is 2.23. The van der Waals surface area contributed by atoms with Gasteiger partial charge in [-0.2, -0.15) is 0 Å². The summed E-state index contributed by atoms with van der Waals surface area (Å²) in [5.74, 6) is -2.01. The molecule has 0 aromatic heterocycles. The van der Waals surface area contributed by atoms with E-state index in [0.29, 0.717) is 24.8 Å². The first-order valence-electron chi connectivity index (χ1n) is 14.3. The van der Waals surface area contributed by atoms with Crippen LogP contribution in [0, 0.1) is 11.8 Å². The zero-order chi connectivity index (χ0) is 30.2. The molecule has 0 saturated heterocycles. The average Bonchev–Trinajstić information content (AvgIpc) is 2.88. The van der Waals surface area contributed by atoms with Crippen LogP contribution in [-0.2, 0) is 35.0 Å². The van der Waals surface area contributed by atoms with Gasteiger partial charge in [0.05, 0.1) is 11.8 Å². The minimum absolute atomic E-state index is 0.0696. The van der Waals surface area contributed by atoms with Crippen molar-refractivity contribution in [1.82, 2.24) is 0 Å². The highest BCUT2D eigenvalue weighted by Crippen LogP contribution is 2.31. The summed E-state index contributed by atoms with van der Waals surface area (Å²) < 4.78 is 26.6. The number of rotatable bonds is 17. The van der Waals surface area contributed by atoms with Gasteiger partial charge in [-0.1, -0.05) is 59.9 Å². The number of esters is 3. The van der Waals surface area contributed by atoms with Crippen molar-refractivity contribution in [3.63, 3.8) is 0 Å². The van der Waals surface area contributed by atoms with Crippen LogP contribution in [0.3, 0.4) is 0 Å². The molecule has 0 saturated carbocycles. The van der Waals surface area contributed by atoms with Crippen molar-refractivity contribution in [3.05, 3.63) is 23.8 Å². The molecule has 0 amide bonds. The SMILES string of the molecule is CCCC(C)OC(=O)O[C@@H](C)COC(=O)[C@@H](N)Cc1ccc(OC(=O)C(C)CCC)c(OC(=O)C(C)CCC)c1. The molecule has 1 aromatic carbocycles. The van der Waals surface area contributed by atoms with Crippen molar-refractivity contribution >= 4 is 24.1 Å². The fourth-order valence-corrected chi connectivity index (χ4v) is 3.86. The second-order valence-corrected chi connectivity index (χ2v) is 10.3. The summed E-state index contributed by atoms with van der Waals surface area (Å²) in [6.07, 6.45) is 2.79. The molecule has 0 spiro atoms. The van der Waals surface area contributed by atoms with E-state index in [2.05, 4.69) is 0 Å². The molecule has 10 nitrogen and oxygen atoms in total. The van der Waals surface area contributed by atoms with Gasteiger partial charge in [0.2, 0.25) is 0 Å². The molecule has 2 N–H and O–H groups in total. The van der Waals surface area contributed by atoms with Gasteiger partial charge in [-0.15, -0.1) is 0 Å². The highest BCUT2D eigenvalue weighted by molar-refractivity contribution is 5.79. The molecule has 5 atom stereocenters. The topological polar surface area (TPSA) is 140 Å².